The summed E-state index contributed by atoms with van der Waals surface area (Å²) < 4.78 is 0.533. The summed E-state index contributed by atoms with van der Waals surface area (Å²) in [6.07, 6.45) is 0. The van der Waals surface area contributed by atoms with Crippen molar-refractivity contribution in [1.82, 2.24) is 4.90 Å². The van der Waals surface area contributed by atoms with Crippen molar-refractivity contribution in [1.29, 1.82) is 0 Å². The van der Waals surface area contributed by atoms with Crippen molar-refractivity contribution < 1.29 is 0 Å². The van der Waals surface area contributed by atoms with Gasteiger partial charge in [-0.15, -0.1) is 11.8 Å². The molecule has 0 aromatic heterocycles. The number of thioether (sulfide) groups is 2. The Hall–Kier alpha value is -0.380. The molecule has 1 unspecified atom stereocenters. The molecule has 1 aromatic carbocycles. The Morgan fingerprint density at radius 3 is 2.43 bits per heavy atom. The molecule has 1 nitrogen and oxygen atoms in total. The third-order valence-corrected chi connectivity index (χ3v) is 5.03. The minimum atomic E-state index is 0.533. The maximum Gasteiger partial charge on any atom is 0.111 e. The van der Waals surface area contributed by atoms with Crippen molar-refractivity contribution in [2.45, 2.75) is 4.71 Å². The molecule has 2 rings (SSSR count). The number of hydrogen-bond donors (Lipinski definition) is 0. The first-order chi connectivity index (χ1) is 6.77. The van der Waals surface area contributed by atoms with E-state index in [0.29, 0.717) is 4.71 Å². The lowest BCUT2D eigenvalue weighted by Crippen LogP contribution is -2.18. The first-order valence-electron chi connectivity index (χ1n) is 4.51. The molecule has 0 bridgehead atoms. The molecule has 1 atom stereocenters. The summed E-state index contributed by atoms with van der Waals surface area (Å²) in [5.41, 5.74) is 1.33. The van der Waals surface area contributed by atoms with E-state index in [1.54, 1.807) is 0 Å². The van der Waals surface area contributed by atoms with Gasteiger partial charge in [-0.3, -0.25) is 4.90 Å². The molecule has 0 aliphatic carbocycles. The lowest BCUT2D eigenvalue weighted by molar-refractivity contribution is 0.462. The maximum absolute atomic E-state index is 2.25. The third-order valence-electron chi connectivity index (χ3n) is 2.00. The van der Waals surface area contributed by atoms with E-state index < -0.39 is 0 Å². The van der Waals surface area contributed by atoms with Crippen LogP contribution in [0.1, 0.15) is 5.56 Å². The lowest BCUT2D eigenvalue weighted by Gasteiger charge is -2.17. The van der Waals surface area contributed by atoms with Crippen LogP contribution in [0.2, 0.25) is 0 Å². The van der Waals surface area contributed by atoms with Gasteiger partial charge >= 0.3 is 0 Å². The highest BCUT2D eigenvalue weighted by molar-refractivity contribution is 8.26. The molecule has 0 saturated heterocycles. The lowest BCUT2D eigenvalue weighted by atomic mass is 10.2. The predicted octanol–water partition coefficient (Wildman–Crippen LogP) is 3.31. The largest absolute Gasteiger partial charge is 0.289 e. The zero-order valence-corrected chi connectivity index (χ0v) is 9.94. The molecule has 74 valence electrons. The van der Waals surface area contributed by atoms with Crippen LogP contribution >= 0.6 is 23.5 Å². The van der Waals surface area contributed by atoms with Crippen LogP contribution in [0, 0.1) is 0 Å². The SMILES string of the molecule is CN(C)C1SC=C(c2ccccc2)S1. The fourth-order valence-electron chi connectivity index (χ4n) is 1.25. The van der Waals surface area contributed by atoms with Crippen LogP contribution in [0.25, 0.3) is 4.91 Å². The normalized spacial score (nSPS) is 21.4. The van der Waals surface area contributed by atoms with Crippen LogP contribution in [0.5, 0.6) is 0 Å². The monoisotopic (exact) mass is 223 g/mol. The van der Waals surface area contributed by atoms with Gasteiger partial charge in [-0.1, -0.05) is 42.1 Å². The Morgan fingerprint density at radius 2 is 1.86 bits per heavy atom. The van der Waals surface area contributed by atoms with Gasteiger partial charge in [-0.05, 0) is 25.1 Å². The number of rotatable bonds is 2. The Morgan fingerprint density at radius 1 is 1.14 bits per heavy atom. The van der Waals surface area contributed by atoms with Crippen molar-refractivity contribution in [2.75, 3.05) is 14.1 Å². The third kappa shape index (κ3) is 2.16. The molecule has 3 heteroatoms. The smallest absolute Gasteiger partial charge is 0.111 e. The summed E-state index contributed by atoms with van der Waals surface area (Å²) in [6, 6.07) is 10.6. The number of nitrogens with zero attached hydrogens (tertiary/aromatic N) is 1. The van der Waals surface area contributed by atoms with E-state index in [4.69, 9.17) is 0 Å². The van der Waals surface area contributed by atoms with E-state index in [0.717, 1.165) is 0 Å². The van der Waals surface area contributed by atoms with E-state index in [2.05, 4.69) is 54.7 Å². The van der Waals surface area contributed by atoms with Crippen LogP contribution in [0.3, 0.4) is 0 Å². The van der Waals surface area contributed by atoms with Gasteiger partial charge in [0.25, 0.3) is 0 Å². The molecule has 0 amide bonds. The van der Waals surface area contributed by atoms with Crippen LogP contribution in [0.4, 0.5) is 0 Å². The molecule has 0 radical (unpaired) electrons. The number of hydrogen-bond acceptors (Lipinski definition) is 3. The second-order valence-electron chi connectivity index (χ2n) is 3.37. The summed E-state index contributed by atoms with van der Waals surface area (Å²) in [6.45, 7) is 0. The summed E-state index contributed by atoms with van der Waals surface area (Å²) >= 11 is 3.80. The number of benzene rings is 1. The summed E-state index contributed by atoms with van der Waals surface area (Å²) in [5, 5.41) is 2.25. The highest BCUT2D eigenvalue weighted by atomic mass is 32.2. The standard InChI is InChI=1S/C11H13NS2/c1-12(2)11-13-8-10(14-11)9-6-4-3-5-7-9/h3-8,11H,1-2H3. The van der Waals surface area contributed by atoms with Crippen LogP contribution in [0.15, 0.2) is 35.7 Å². The molecule has 0 spiro atoms. The van der Waals surface area contributed by atoms with Gasteiger partial charge in [0.2, 0.25) is 0 Å². The average Bonchev–Trinajstić information content (AvgIpc) is 2.68. The Bertz CT molecular complexity index is 332. The van der Waals surface area contributed by atoms with Gasteiger partial charge < -0.3 is 0 Å². The van der Waals surface area contributed by atoms with Crippen LogP contribution < -0.4 is 0 Å². The van der Waals surface area contributed by atoms with Crippen LogP contribution in [-0.4, -0.2) is 23.7 Å². The summed E-state index contributed by atoms with van der Waals surface area (Å²) in [4.78, 5) is 3.62. The van der Waals surface area contributed by atoms with Gasteiger partial charge in [0.05, 0.1) is 0 Å². The van der Waals surface area contributed by atoms with E-state index >= 15 is 0 Å². The molecule has 0 N–H and O–H groups in total. The highest BCUT2D eigenvalue weighted by Crippen LogP contribution is 2.45. The van der Waals surface area contributed by atoms with Gasteiger partial charge in [-0.25, -0.2) is 0 Å². The quantitative estimate of drug-likeness (QED) is 0.757. The zero-order chi connectivity index (χ0) is 9.97. The fraction of sp³-hybridized carbons (Fsp3) is 0.273. The molecule has 0 fully saturated rings. The first-order valence-corrected chi connectivity index (χ1v) is 6.34. The van der Waals surface area contributed by atoms with Gasteiger partial charge in [0.1, 0.15) is 4.71 Å². The predicted molar refractivity (Wildman–Crippen MR) is 67.1 cm³/mol. The van der Waals surface area contributed by atoms with E-state index in [1.807, 2.05) is 23.5 Å². The minimum Gasteiger partial charge on any atom is -0.289 e. The van der Waals surface area contributed by atoms with E-state index in [-0.39, 0.29) is 0 Å². The van der Waals surface area contributed by atoms with E-state index in [9.17, 15) is 0 Å². The minimum absolute atomic E-state index is 0.533. The maximum atomic E-state index is 2.25. The first kappa shape index (κ1) is 10.1. The molecule has 1 heterocycles. The second kappa shape index (κ2) is 4.43. The molecule has 1 aromatic rings. The van der Waals surface area contributed by atoms with E-state index in [1.165, 1.54) is 10.5 Å². The van der Waals surface area contributed by atoms with Crippen LogP contribution in [-0.2, 0) is 0 Å². The summed E-state index contributed by atoms with van der Waals surface area (Å²) in [5.74, 6) is 0. The van der Waals surface area contributed by atoms with Crippen molar-refractivity contribution in [3.05, 3.63) is 41.3 Å². The van der Waals surface area contributed by atoms with Crippen molar-refractivity contribution >= 4 is 28.4 Å². The summed E-state index contributed by atoms with van der Waals surface area (Å²) in [7, 11) is 4.24. The molecular weight excluding hydrogens is 210 g/mol. The average molecular weight is 223 g/mol. The Balaban J connectivity index is 2.09. The Kier molecular flexibility index (Phi) is 3.21. The van der Waals surface area contributed by atoms with Gasteiger partial charge in [0.15, 0.2) is 0 Å². The molecule has 0 saturated carbocycles. The van der Waals surface area contributed by atoms with Crippen molar-refractivity contribution in [2.24, 2.45) is 0 Å². The topological polar surface area (TPSA) is 3.24 Å². The molecule has 14 heavy (non-hydrogen) atoms. The van der Waals surface area contributed by atoms with Crippen molar-refractivity contribution in [3.63, 3.8) is 0 Å². The fourth-order valence-corrected chi connectivity index (χ4v) is 3.66. The zero-order valence-electron chi connectivity index (χ0n) is 8.31. The molecule has 1 aliphatic rings. The highest BCUT2D eigenvalue weighted by Gasteiger charge is 2.20. The molecule has 1 aliphatic heterocycles. The second-order valence-corrected chi connectivity index (χ2v) is 5.75. The van der Waals surface area contributed by atoms with Gasteiger partial charge in [-0.2, -0.15) is 0 Å². The molecular formula is C11H13NS2. The Labute approximate surface area is 93.6 Å². The van der Waals surface area contributed by atoms with Gasteiger partial charge in [0, 0.05) is 4.91 Å². The van der Waals surface area contributed by atoms with Crippen molar-refractivity contribution in [3.8, 4) is 0 Å².